The lowest BCUT2D eigenvalue weighted by molar-refractivity contribution is -0.121. The maximum absolute atomic E-state index is 11.4. The molecule has 0 aliphatic heterocycles. The van der Waals surface area contributed by atoms with E-state index in [1.807, 2.05) is 0 Å². The predicted octanol–water partition coefficient (Wildman–Crippen LogP) is 1.02. The molecule has 1 aromatic rings. The Bertz CT molecular complexity index is 431. The van der Waals surface area contributed by atoms with Gasteiger partial charge < -0.3 is 19.8 Å². The van der Waals surface area contributed by atoms with Crippen LogP contribution in [-0.4, -0.2) is 32.6 Å². The van der Waals surface area contributed by atoms with E-state index in [4.69, 9.17) is 4.42 Å². The van der Waals surface area contributed by atoms with Crippen molar-refractivity contribution in [1.82, 2.24) is 10.6 Å². The summed E-state index contributed by atoms with van der Waals surface area (Å²) in [7, 11) is 3.10. The molecule has 0 fully saturated rings. The van der Waals surface area contributed by atoms with Crippen LogP contribution in [0.25, 0.3) is 0 Å². The van der Waals surface area contributed by atoms with Crippen molar-refractivity contribution in [1.29, 1.82) is 0 Å². The zero-order valence-corrected chi connectivity index (χ0v) is 12.1. The average molecular weight is 291 g/mol. The van der Waals surface area contributed by atoms with Crippen LogP contribution in [0.5, 0.6) is 0 Å². The van der Waals surface area contributed by atoms with Crippen LogP contribution in [-0.2, 0) is 16.1 Å². The molecule has 7 heteroatoms. The van der Waals surface area contributed by atoms with Crippen LogP contribution < -0.4 is 10.6 Å². The first-order valence-electron chi connectivity index (χ1n) is 5.67. The molecular formula is C12H19ClN2O4. The van der Waals surface area contributed by atoms with Crippen molar-refractivity contribution in [2.24, 2.45) is 0 Å². The second kappa shape index (κ2) is 8.55. The number of amides is 1. The first kappa shape index (κ1) is 17.5. The Morgan fingerprint density at radius 1 is 1.42 bits per heavy atom. The molecule has 1 aromatic heterocycles. The molecule has 0 unspecified atom stereocenters. The molecule has 0 saturated carbocycles. The largest absolute Gasteiger partial charge is 0.465 e. The summed E-state index contributed by atoms with van der Waals surface area (Å²) in [6.07, 6.45) is 0.403. The minimum atomic E-state index is -0.441. The third-order valence-electron chi connectivity index (χ3n) is 2.44. The summed E-state index contributed by atoms with van der Waals surface area (Å²) in [6, 6.07) is 1.58. The molecule has 2 N–H and O–H groups in total. The molecule has 1 amide bonds. The van der Waals surface area contributed by atoms with Crippen LogP contribution in [0.3, 0.4) is 0 Å². The van der Waals surface area contributed by atoms with Gasteiger partial charge in [-0.1, -0.05) is 0 Å². The minimum absolute atomic E-state index is 0. The number of aryl methyl sites for hydroxylation is 1. The van der Waals surface area contributed by atoms with Crippen LogP contribution in [0.15, 0.2) is 10.5 Å². The topological polar surface area (TPSA) is 80.6 Å². The van der Waals surface area contributed by atoms with Crippen LogP contribution >= 0.6 is 12.4 Å². The first-order valence-corrected chi connectivity index (χ1v) is 5.67. The molecular weight excluding hydrogens is 272 g/mol. The zero-order chi connectivity index (χ0) is 13.5. The van der Waals surface area contributed by atoms with Gasteiger partial charge in [0, 0.05) is 13.0 Å². The standard InChI is InChI=1S/C12H18N2O4.ClH/c1-8-10(12(16)17-3)6-9(18-8)7-14-11(15)4-5-13-2;/h6,13H,4-5,7H2,1-3H3,(H,14,15);1H. The van der Waals surface area contributed by atoms with Gasteiger partial charge in [-0.15, -0.1) is 12.4 Å². The van der Waals surface area contributed by atoms with E-state index in [0.29, 0.717) is 30.0 Å². The Balaban J connectivity index is 0.00000324. The zero-order valence-electron chi connectivity index (χ0n) is 11.2. The molecule has 0 radical (unpaired) electrons. The quantitative estimate of drug-likeness (QED) is 0.765. The van der Waals surface area contributed by atoms with Crippen molar-refractivity contribution in [3.63, 3.8) is 0 Å². The molecule has 19 heavy (non-hydrogen) atoms. The fraction of sp³-hybridized carbons (Fsp3) is 0.500. The number of hydrogen-bond acceptors (Lipinski definition) is 5. The molecule has 0 atom stereocenters. The van der Waals surface area contributed by atoms with Crippen molar-refractivity contribution in [3.05, 3.63) is 23.2 Å². The number of hydrogen-bond donors (Lipinski definition) is 2. The van der Waals surface area contributed by atoms with Gasteiger partial charge in [-0.2, -0.15) is 0 Å². The predicted molar refractivity (Wildman–Crippen MR) is 72.4 cm³/mol. The highest BCUT2D eigenvalue weighted by atomic mass is 35.5. The number of halogens is 1. The summed E-state index contributed by atoms with van der Waals surface area (Å²) in [5.41, 5.74) is 0.386. The second-order valence-corrected chi connectivity index (χ2v) is 3.80. The van der Waals surface area contributed by atoms with E-state index < -0.39 is 5.97 Å². The molecule has 0 aliphatic carbocycles. The molecule has 108 valence electrons. The minimum Gasteiger partial charge on any atom is -0.465 e. The van der Waals surface area contributed by atoms with Gasteiger partial charge in [0.25, 0.3) is 0 Å². The Labute approximate surface area is 118 Å². The van der Waals surface area contributed by atoms with Crippen LogP contribution in [0.4, 0.5) is 0 Å². The molecule has 6 nitrogen and oxygen atoms in total. The van der Waals surface area contributed by atoms with Crippen LogP contribution in [0.2, 0.25) is 0 Å². The Kier molecular flexibility index (Phi) is 7.86. The Morgan fingerprint density at radius 2 is 2.11 bits per heavy atom. The number of carbonyl (C=O) groups excluding carboxylic acids is 2. The highest BCUT2D eigenvalue weighted by Crippen LogP contribution is 2.15. The average Bonchev–Trinajstić information content (AvgIpc) is 2.74. The van der Waals surface area contributed by atoms with E-state index in [-0.39, 0.29) is 24.9 Å². The van der Waals surface area contributed by atoms with Gasteiger partial charge in [0.1, 0.15) is 17.1 Å². The van der Waals surface area contributed by atoms with E-state index in [9.17, 15) is 9.59 Å². The number of ether oxygens (including phenoxy) is 1. The van der Waals surface area contributed by atoms with Gasteiger partial charge in [-0.25, -0.2) is 4.79 Å². The molecule has 0 saturated heterocycles. The number of furan rings is 1. The van der Waals surface area contributed by atoms with E-state index in [0.717, 1.165) is 0 Å². The first-order chi connectivity index (χ1) is 8.58. The number of nitrogens with one attached hydrogen (secondary N) is 2. The van der Waals surface area contributed by atoms with Crippen molar-refractivity contribution < 1.29 is 18.7 Å². The van der Waals surface area contributed by atoms with Gasteiger partial charge in [0.2, 0.25) is 5.91 Å². The van der Waals surface area contributed by atoms with Crippen molar-refractivity contribution in [2.45, 2.75) is 19.9 Å². The maximum atomic E-state index is 11.4. The van der Waals surface area contributed by atoms with Gasteiger partial charge in [0.15, 0.2) is 0 Å². The van der Waals surface area contributed by atoms with Crippen molar-refractivity contribution in [2.75, 3.05) is 20.7 Å². The maximum Gasteiger partial charge on any atom is 0.341 e. The number of methoxy groups -OCH3 is 1. The van der Waals surface area contributed by atoms with Crippen LogP contribution in [0.1, 0.15) is 28.3 Å². The van der Waals surface area contributed by atoms with Gasteiger partial charge >= 0.3 is 5.97 Å². The van der Waals surface area contributed by atoms with Gasteiger partial charge in [0.05, 0.1) is 13.7 Å². The third kappa shape index (κ3) is 5.32. The molecule has 1 rings (SSSR count). The lowest BCUT2D eigenvalue weighted by atomic mass is 10.2. The normalized spacial score (nSPS) is 9.63. The summed E-state index contributed by atoms with van der Waals surface area (Å²) in [5, 5.41) is 5.59. The number of esters is 1. The summed E-state index contributed by atoms with van der Waals surface area (Å²) < 4.78 is 9.98. The van der Waals surface area contributed by atoms with E-state index in [1.165, 1.54) is 7.11 Å². The smallest absolute Gasteiger partial charge is 0.341 e. The highest BCUT2D eigenvalue weighted by Gasteiger charge is 2.15. The van der Waals surface area contributed by atoms with Gasteiger partial charge in [-0.3, -0.25) is 4.79 Å². The van der Waals surface area contributed by atoms with Gasteiger partial charge in [-0.05, 0) is 20.0 Å². The lowest BCUT2D eigenvalue weighted by Gasteiger charge is -2.02. The molecule has 0 bridgehead atoms. The van der Waals surface area contributed by atoms with E-state index in [1.54, 1.807) is 20.0 Å². The lowest BCUT2D eigenvalue weighted by Crippen LogP contribution is -2.25. The molecule has 0 spiro atoms. The summed E-state index contributed by atoms with van der Waals surface area (Å²) in [6.45, 7) is 2.56. The van der Waals surface area contributed by atoms with Crippen molar-refractivity contribution >= 4 is 24.3 Å². The summed E-state index contributed by atoms with van der Waals surface area (Å²) in [5.74, 6) is 0.508. The van der Waals surface area contributed by atoms with Crippen molar-refractivity contribution in [3.8, 4) is 0 Å². The number of carbonyl (C=O) groups is 2. The molecule has 1 heterocycles. The second-order valence-electron chi connectivity index (χ2n) is 3.80. The Hall–Kier alpha value is -1.53. The highest BCUT2D eigenvalue weighted by molar-refractivity contribution is 5.90. The third-order valence-corrected chi connectivity index (χ3v) is 2.44. The fourth-order valence-corrected chi connectivity index (χ4v) is 1.46. The van der Waals surface area contributed by atoms with E-state index >= 15 is 0 Å². The Morgan fingerprint density at radius 3 is 2.68 bits per heavy atom. The summed E-state index contributed by atoms with van der Waals surface area (Å²) >= 11 is 0. The molecule has 0 aromatic carbocycles. The molecule has 0 aliphatic rings. The monoisotopic (exact) mass is 290 g/mol. The van der Waals surface area contributed by atoms with E-state index in [2.05, 4.69) is 15.4 Å². The summed E-state index contributed by atoms with van der Waals surface area (Å²) in [4.78, 5) is 22.7. The SMILES string of the molecule is CNCCC(=O)NCc1cc(C(=O)OC)c(C)o1.Cl. The fourth-order valence-electron chi connectivity index (χ4n) is 1.46. The van der Waals surface area contributed by atoms with Crippen LogP contribution in [0, 0.1) is 6.92 Å². The number of rotatable bonds is 6.